The predicted molar refractivity (Wildman–Crippen MR) is 82.8 cm³/mol. The zero-order chi connectivity index (χ0) is 13.9. The maximum atomic E-state index is 5.83. The van der Waals surface area contributed by atoms with Gasteiger partial charge in [0.15, 0.2) is 0 Å². The van der Waals surface area contributed by atoms with Gasteiger partial charge in [0.2, 0.25) is 0 Å². The second-order valence-electron chi connectivity index (χ2n) is 5.11. The van der Waals surface area contributed by atoms with Crippen LogP contribution in [-0.4, -0.2) is 13.2 Å². The SMILES string of the molecule is CCCCCCCOc1cccc(C(C)NCC)c1. The van der Waals surface area contributed by atoms with Crippen molar-refractivity contribution in [3.8, 4) is 5.75 Å². The van der Waals surface area contributed by atoms with Gasteiger partial charge in [0, 0.05) is 6.04 Å². The molecule has 0 radical (unpaired) electrons. The van der Waals surface area contributed by atoms with Crippen molar-refractivity contribution in [2.75, 3.05) is 13.2 Å². The molecule has 0 aliphatic rings. The van der Waals surface area contributed by atoms with E-state index in [2.05, 4.69) is 44.3 Å². The van der Waals surface area contributed by atoms with E-state index in [1.54, 1.807) is 0 Å². The largest absolute Gasteiger partial charge is 0.494 e. The van der Waals surface area contributed by atoms with Crippen LogP contribution in [0.5, 0.6) is 5.75 Å². The second kappa shape index (κ2) is 9.85. The van der Waals surface area contributed by atoms with Gasteiger partial charge in [-0.2, -0.15) is 0 Å². The van der Waals surface area contributed by atoms with Crippen molar-refractivity contribution in [3.63, 3.8) is 0 Å². The summed E-state index contributed by atoms with van der Waals surface area (Å²) in [6.45, 7) is 8.39. The average molecular weight is 263 g/mol. The molecule has 108 valence electrons. The molecule has 0 aromatic heterocycles. The second-order valence-corrected chi connectivity index (χ2v) is 5.11. The molecule has 1 aromatic rings. The highest BCUT2D eigenvalue weighted by atomic mass is 16.5. The fraction of sp³-hybridized carbons (Fsp3) is 0.647. The van der Waals surface area contributed by atoms with Crippen LogP contribution in [0.4, 0.5) is 0 Å². The zero-order valence-electron chi connectivity index (χ0n) is 12.7. The lowest BCUT2D eigenvalue weighted by Crippen LogP contribution is -2.17. The molecule has 0 aliphatic carbocycles. The molecule has 0 spiro atoms. The van der Waals surface area contributed by atoms with Crippen LogP contribution in [0.2, 0.25) is 0 Å². The van der Waals surface area contributed by atoms with E-state index >= 15 is 0 Å². The van der Waals surface area contributed by atoms with Gasteiger partial charge >= 0.3 is 0 Å². The topological polar surface area (TPSA) is 21.3 Å². The van der Waals surface area contributed by atoms with E-state index in [1.807, 2.05) is 6.07 Å². The number of benzene rings is 1. The maximum absolute atomic E-state index is 5.83. The third-order valence-electron chi connectivity index (χ3n) is 3.39. The molecule has 1 aromatic carbocycles. The minimum Gasteiger partial charge on any atom is -0.494 e. The minimum atomic E-state index is 0.387. The van der Waals surface area contributed by atoms with Crippen LogP contribution in [0.25, 0.3) is 0 Å². The molecule has 0 aliphatic heterocycles. The van der Waals surface area contributed by atoms with Crippen LogP contribution in [0, 0.1) is 0 Å². The summed E-state index contributed by atoms with van der Waals surface area (Å²) >= 11 is 0. The lowest BCUT2D eigenvalue weighted by molar-refractivity contribution is 0.304. The van der Waals surface area contributed by atoms with Crippen LogP contribution in [-0.2, 0) is 0 Å². The van der Waals surface area contributed by atoms with Gasteiger partial charge in [0.1, 0.15) is 5.75 Å². The molecule has 0 saturated heterocycles. The van der Waals surface area contributed by atoms with E-state index in [-0.39, 0.29) is 0 Å². The van der Waals surface area contributed by atoms with Gasteiger partial charge < -0.3 is 10.1 Å². The highest BCUT2D eigenvalue weighted by molar-refractivity contribution is 5.30. The number of nitrogens with one attached hydrogen (secondary N) is 1. The minimum absolute atomic E-state index is 0.387. The molecule has 19 heavy (non-hydrogen) atoms. The van der Waals surface area contributed by atoms with Crippen LogP contribution in [0.1, 0.15) is 64.5 Å². The molecule has 0 saturated carbocycles. The van der Waals surface area contributed by atoms with E-state index in [4.69, 9.17) is 4.74 Å². The first-order chi connectivity index (χ1) is 9.27. The highest BCUT2D eigenvalue weighted by Crippen LogP contribution is 2.19. The molecule has 1 rings (SSSR count). The lowest BCUT2D eigenvalue weighted by Gasteiger charge is -2.14. The molecule has 2 nitrogen and oxygen atoms in total. The quantitative estimate of drug-likeness (QED) is 0.617. The average Bonchev–Trinajstić information content (AvgIpc) is 2.43. The van der Waals surface area contributed by atoms with Gasteiger partial charge in [-0.25, -0.2) is 0 Å². The predicted octanol–water partition coefficient (Wildman–Crippen LogP) is 4.71. The van der Waals surface area contributed by atoms with Crippen molar-refractivity contribution in [1.82, 2.24) is 5.32 Å². The Hall–Kier alpha value is -1.02. The van der Waals surface area contributed by atoms with Crippen molar-refractivity contribution in [2.24, 2.45) is 0 Å². The Labute approximate surface area is 118 Å². The molecule has 1 unspecified atom stereocenters. The Morgan fingerprint density at radius 1 is 1.11 bits per heavy atom. The van der Waals surface area contributed by atoms with Crippen molar-refractivity contribution in [3.05, 3.63) is 29.8 Å². The summed E-state index contributed by atoms with van der Waals surface area (Å²) in [4.78, 5) is 0. The summed E-state index contributed by atoms with van der Waals surface area (Å²) in [7, 11) is 0. The molecule has 1 N–H and O–H groups in total. The third kappa shape index (κ3) is 6.63. The number of hydrogen-bond donors (Lipinski definition) is 1. The Bertz CT molecular complexity index is 338. The van der Waals surface area contributed by atoms with Crippen molar-refractivity contribution in [2.45, 2.75) is 58.9 Å². The van der Waals surface area contributed by atoms with Crippen LogP contribution in [0.15, 0.2) is 24.3 Å². The molecule has 0 fully saturated rings. The first-order valence-corrected chi connectivity index (χ1v) is 7.74. The summed E-state index contributed by atoms with van der Waals surface area (Å²) in [5.74, 6) is 0.998. The first kappa shape index (κ1) is 16.0. The third-order valence-corrected chi connectivity index (χ3v) is 3.39. The normalized spacial score (nSPS) is 12.4. The highest BCUT2D eigenvalue weighted by Gasteiger charge is 2.04. The van der Waals surface area contributed by atoms with Crippen molar-refractivity contribution < 1.29 is 4.74 Å². The molecule has 1 atom stereocenters. The molecule has 0 heterocycles. The smallest absolute Gasteiger partial charge is 0.119 e. The van der Waals surface area contributed by atoms with Gasteiger partial charge in [-0.3, -0.25) is 0 Å². The summed E-state index contributed by atoms with van der Waals surface area (Å²) < 4.78 is 5.83. The van der Waals surface area contributed by atoms with Crippen molar-refractivity contribution in [1.29, 1.82) is 0 Å². The fourth-order valence-electron chi connectivity index (χ4n) is 2.19. The van der Waals surface area contributed by atoms with E-state index in [0.717, 1.165) is 25.3 Å². The van der Waals surface area contributed by atoms with Crippen molar-refractivity contribution >= 4 is 0 Å². The van der Waals surface area contributed by atoms with Gasteiger partial charge in [0.05, 0.1) is 6.61 Å². The number of unbranched alkanes of at least 4 members (excludes halogenated alkanes) is 4. The first-order valence-electron chi connectivity index (χ1n) is 7.74. The standard InChI is InChI=1S/C17H29NO/c1-4-6-7-8-9-13-19-17-12-10-11-16(14-17)15(3)18-5-2/h10-12,14-15,18H,4-9,13H2,1-3H3. The van der Waals surface area contributed by atoms with Gasteiger partial charge in [-0.1, -0.05) is 51.7 Å². The van der Waals surface area contributed by atoms with Crippen LogP contribution < -0.4 is 10.1 Å². The zero-order valence-corrected chi connectivity index (χ0v) is 12.7. The molecule has 2 heteroatoms. The monoisotopic (exact) mass is 263 g/mol. The summed E-state index contributed by atoms with van der Waals surface area (Å²) in [6, 6.07) is 8.82. The Morgan fingerprint density at radius 3 is 2.63 bits per heavy atom. The van der Waals surface area contributed by atoms with Gasteiger partial charge in [-0.15, -0.1) is 0 Å². The molecular weight excluding hydrogens is 234 g/mol. The summed E-state index contributed by atoms with van der Waals surface area (Å²) in [5.41, 5.74) is 1.30. The lowest BCUT2D eigenvalue weighted by atomic mass is 10.1. The van der Waals surface area contributed by atoms with Gasteiger partial charge in [0.25, 0.3) is 0 Å². The Kier molecular flexibility index (Phi) is 8.31. The fourth-order valence-corrected chi connectivity index (χ4v) is 2.19. The summed E-state index contributed by atoms with van der Waals surface area (Å²) in [5, 5.41) is 3.42. The van der Waals surface area contributed by atoms with E-state index in [9.17, 15) is 0 Å². The Morgan fingerprint density at radius 2 is 1.89 bits per heavy atom. The maximum Gasteiger partial charge on any atom is 0.119 e. The van der Waals surface area contributed by atoms with Crippen LogP contribution in [0.3, 0.4) is 0 Å². The van der Waals surface area contributed by atoms with E-state index < -0.39 is 0 Å². The van der Waals surface area contributed by atoms with Crippen LogP contribution >= 0.6 is 0 Å². The molecule has 0 amide bonds. The number of hydrogen-bond acceptors (Lipinski definition) is 2. The molecular formula is C17H29NO. The Balaban J connectivity index is 2.31. The molecule has 0 bridgehead atoms. The number of rotatable bonds is 10. The van der Waals surface area contributed by atoms with E-state index in [0.29, 0.717) is 6.04 Å². The van der Waals surface area contributed by atoms with E-state index in [1.165, 1.54) is 31.2 Å². The summed E-state index contributed by atoms with van der Waals surface area (Å²) in [6.07, 6.45) is 6.41. The number of ether oxygens (including phenoxy) is 1. The van der Waals surface area contributed by atoms with Gasteiger partial charge in [-0.05, 0) is 37.6 Å².